The Labute approximate surface area is 129 Å². The van der Waals surface area contributed by atoms with Gasteiger partial charge in [-0.15, -0.1) is 0 Å². The molecule has 0 radical (unpaired) electrons. The van der Waals surface area contributed by atoms with Crippen molar-refractivity contribution in [2.75, 3.05) is 0 Å². The van der Waals surface area contributed by atoms with E-state index in [1.54, 1.807) is 6.08 Å². The highest BCUT2D eigenvalue weighted by atomic mass is 16.1. The molecule has 112 valence electrons. The van der Waals surface area contributed by atoms with Gasteiger partial charge in [-0.25, -0.2) is 0 Å². The molecule has 0 spiro atoms. The van der Waals surface area contributed by atoms with Crippen LogP contribution in [0.3, 0.4) is 0 Å². The van der Waals surface area contributed by atoms with Crippen molar-refractivity contribution >= 4 is 11.9 Å². The molecular formula is C19H19NO2. The number of fused-ring (bicyclic) bond motifs is 1. The van der Waals surface area contributed by atoms with Crippen LogP contribution in [0.4, 0.5) is 0 Å². The number of hydrogen-bond donors (Lipinski definition) is 1. The normalized spacial score (nSPS) is 14.0. The Morgan fingerprint density at radius 3 is 2.50 bits per heavy atom. The van der Waals surface area contributed by atoms with Crippen molar-refractivity contribution in [1.82, 2.24) is 4.98 Å². The first-order chi connectivity index (χ1) is 10.7. The molecular weight excluding hydrogens is 274 g/mol. The number of hydrogen-bond acceptors (Lipinski definition) is 2. The van der Waals surface area contributed by atoms with Gasteiger partial charge in [0.15, 0.2) is 5.78 Å². The lowest BCUT2D eigenvalue weighted by atomic mass is 9.87. The van der Waals surface area contributed by atoms with E-state index in [0.717, 1.165) is 48.1 Å². The number of ketones is 1. The Bertz CT molecular complexity index is 785. The van der Waals surface area contributed by atoms with E-state index in [0.29, 0.717) is 5.56 Å². The maximum atomic E-state index is 12.5. The summed E-state index contributed by atoms with van der Waals surface area (Å²) in [4.78, 5) is 27.6. The first-order valence-corrected chi connectivity index (χ1v) is 7.69. The molecule has 0 amide bonds. The zero-order valence-corrected chi connectivity index (χ0v) is 12.7. The second kappa shape index (κ2) is 6.14. The molecule has 1 aromatic heterocycles. The number of nitrogens with one attached hydrogen (secondary N) is 1. The van der Waals surface area contributed by atoms with Crippen molar-refractivity contribution in [2.24, 2.45) is 0 Å². The predicted molar refractivity (Wildman–Crippen MR) is 88.2 cm³/mol. The number of pyridine rings is 1. The van der Waals surface area contributed by atoms with E-state index in [1.165, 1.54) is 6.08 Å². The van der Waals surface area contributed by atoms with Crippen molar-refractivity contribution in [3.8, 4) is 0 Å². The van der Waals surface area contributed by atoms with Crippen molar-refractivity contribution in [2.45, 2.75) is 32.6 Å². The molecule has 0 saturated carbocycles. The third-order valence-corrected chi connectivity index (χ3v) is 4.22. The summed E-state index contributed by atoms with van der Waals surface area (Å²) in [6, 6.07) is 9.63. The molecule has 22 heavy (non-hydrogen) atoms. The van der Waals surface area contributed by atoms with E-state index in [4.69, 9.17) is 0 Å². The maximum Gasteiger partial charge on any atom is 0.259 e. The minimum Gasteiger partial charge on any atom is -0.326 e. The highest BCUT2D eigenvalue weighted by Gasteiger charge is 2.21. The summed E-state index contributed by atoms with van der Waals surface area (Å²) in [5, 5.41) is 0. The fourth-order valence-electron chi connectivity index (χ4n) is 3.12. The van der Waals surface area contributed by atoms with Crippen LogP contribution >= 0.6 is 0 Å². The van der Waals surface area contributed by atoms with Crippen LogP contribution in [0.5, 0.6) is 0 Å². The minimum atomic E-state index is -0.263. The summed E-state index contributed by atoms with van der Waals surface area (Å²) in [6.07, 6.45) is 7.19. The molecule has 3 rings (SSSR count). The number of carbonyl (C=O) groups excluding carboxylic acids is 1. The quantitative estimate of drug-likeness (QED) is 0.696. The van der Waals surface area contributed by atoms with Crippen LogP contribution in [0.1, 0.15) is 45.6 Å². The van der Waals surface area contributed by atoms with Gasteiger partial charge in [0, 0.05) is 5.69 Å². The number of aromatic amines is 1. The fraction of sp³-hybridized carbons (Fsp3) is 0.263. The van der Waals surface area contributed by atoms with Gasteiger partial charge in [0.1, 0.15) is 0 Å². The van der Waals surface area contributed by atoms with E-state index >= 15 is 0 Å². The molecule has 0 fully saturated rings. The lowest BCUT2D eigenvalue weighted by Crippen LogP contribution is -2.24. The summed E-state index contributed by atoms with van der Waals surface area (Å²) < 4.78 is 0. The molecule has 0 bridgehead atoms. The highest BCUT2D eigenvalue weighted by molar-refractivity contribution is 6.07. The van der Waals surface area contributed by atoms with E-state index < -0.39 is 0 Å². The largest absolute Gasteiger partial charge is 0.326 e. The SMILES string of the molecule is Cc1[nH]c(=O)c(C(=O)/C=C/c2ccccc2)c2c1CCCC2. The van der Waals surface area contributed by atoms with E-state index in [2.05, 4.69) is 4.98 Å². The summed E-state index contributed by atoms with van der Waals surface area (Å²) in [5.41, 5.74) is 4.03. The van der Waals surface area contributed by atoms with Crippen LogP contribution in [-0.4, -0.2) is 10.8 Å². The van der Waals surface area contributed by atoms with E-state index in [1.807, 2.05) is 37.3 Å². The van der Waals surface area contributed by atoms with Gasteiger partial charge >= 0.3 is 0 Å². The van der Waals surface area contributed by atoms with Crippen molar-refractivity contribution < 1.29 is 4.79 Å². The van der Waals surface area contributed by atoms with Gasteiger partial charge < -0.3 is 4.98 Å². The highest BCUT2D eigenvalue weighted by Crippen LogP contribution is 2.24. The van der Waals surface area contributed by atoms with E-state index in [-0.39, 0.29) is 11.3 Å². The Kier molecular flexibility index (Phi) is 4.05. The first-order valence-electron chi connectivity index (χ1n) is 7.69. The van der Waals surface area contributed by atoms with Crippen molar-refractivity contribution in [3.05, 3.63) is 74.7 Å². The third-order valence-electron chi connectivity index (χ3n) is 4.22. The standard InChI is InChI=1S/C19H19NO2/c1-13-15-9-5-6-10-16(15)18(19(22)20-13)17(21)12-11-14-7-3-2-4-8-14/h2-4,7-8,11-12H,5-6,9-10H2,1H3,(H,20,22)/b12-11+. The van der Waals surface area contributed by atoms with Gasteiger partial charge in [0.25, 0.3) is 5.56 Å². The van der Waals surface area contributed by atoms with Crippen LogP contribution in [0.2, 0.25) is 0 Å². The molecule has 0 unspecified atom stereocenters. The Balaban J connectivity index is 1.99. The molecule has 2 aromatic rings. The number of benzene rings is 1. The number of carbonyl (C=O) groups is 1. The maximum absolute atomic E-state index is 12.5. The molecule has 3 heteroatoms. The molecule has 1 aliphatic carbocycles. The molecule has 1 aromatic carbocycles. The summed E-state index contributed by atoms with van der Waals surface area (Å²) in [6.45, 7) is 1.92. The van der Waals surface area contributed by atoms with Gasteiger partial charge in [-0.3, -0.25) is 9.59 Å². The fourth-order valence-corrected chi connectivity index (χ4v) is 3.12. The minimum absolute atomic E-state index is 0.205. The lowest BCUT2D eigenvalue weighted by Gasteiger charge is -2.19. The number of rotatable bonds is 3. The smallest absolute Gasteiger partial charge is 0.259 e. The predicted octanol–water partition coefficient (Wildman–Crippen LogP) is 3.46. The Hall–Kier alpha value is -2.42. The second-order valence-electron chi connectivity index (χ2n) is 5.73. The number of allylic oxidation sites excluding steroid dienone is 1. The topological polar surface area (TPSA) is 49.9 Å². The van der Waals surface area contributed by atoms with Crippen LogP contribution in [0.25, 0.3) is 6.08 Å². The lowest BCUT2D eigenvalue weighted by molar-refractivity contribution is 0.104. The van der Waals surface area contributed by atoms with Gasteiger partial charge in [-0.2, -0.15) is 0 Å². The molecule has 1 heterocycles. The van der Waals surface area contributed by atoms with Crippen molar-refractivity contribution in [1.29, 1.82) is 0 Å². The van der Waals surface area contributed by atoms with Crippen LogP contribution in [-0.2, 0) is 12.8 Å². The van der Waals surface area contributed by atoms with Crippen LogP contribution in [0, 0.1) is 6.92 Å². The van der Waals surface area contributed by atoms with Gasteiger partial charge in [-0.05, 0) is 55.4 Å². The van der Waals surface area contributed by atoms with Gasteiger partial charge in [0.05, 0.1) is 5.56 Å². The monoisotopic (exact) mass is 293 g/mol. The number of H-pyrrole nitrogens is 1. The van der Waals surface area contributed by atoms with Crippen molar-refractivity contribution in [3.63, 3.8) is 0 Å². The Morgan fingerprint density at radius 1 is 1.09 bits per heavy atom. The molecule has 0 aliphatic heterocycles. The molecule has 1 aliphatic rings. The summed E-state index contributed by atoms with van der Waals surface area (Å²) in [5.74, 6) is -0.205. The summed E-state index contributed by atoms with van der Waals surface area (Å²) >= 11 is 0. The van der Waals surface area contributed by atoms with E-state index in [9.17, 15) is 9.59 Å². The molecule has 1 N–H and O–H groups in total. The van der Waals surface area contributed by atoms with Crippen LogP contribution in [0.15, 0.2) is 41.2 Å². The van der Waals surface area contributed by atoms with Gasteiger partial charge in [-0.1, -0.05) is 36.4 Å². The van der Waals surface area contributed by atoms with Gasteiger partial charge in [0.2, 0.25) is 0 Å². The molecule has 3 nitrogen and oxygen atoms in total. The molecule has 0 atom stereocenters. The average Bonchev–Trinajstić information content (AvgIpc) is 2.54. The second-order valence-corrected chi connectivity index (χ2v) is 5.73. The average molecular weight is 293 g/mol. The molecule has 0 saturated heterocycles. The zero-order chi connectivity index (χ0) is 15.5. The zero-order valence-electron chi connectivity index (χ0n) is 12.7. The number of aryl methyl sites for hydroxylation is 1. The third kappa shape index (κ3) is 2.80. The first kappa shape index (κ1) is 14.5. The van der Waals surface area contributed by atoms with Crippen LogP contribution < -0.4 is 5.56 Å². The number of aromatic nitrogens is 1. The Morgan fingerprint density at radius 2 is 1.77 bits per heavy atom. The summed E-state index contributed by atoms with van der Waals surface area (Å²) in [7, 11) is 0.